The molecule has 3 aromatic carbocycles. The Hall–Kier alpha value is -2.77. The second kappa shape index (κ2) is 8.77. The minimum atomic E-state index is -3.40. The lowest BCUT2D eigenvalue weighted by molar-refractivity contribution is -0.118. The summed E-state index contributed by atoms with van der Waals surface area (Å²) in [6, 6.07) is 19.1. The number of aryl methyl sites for hydroxylation is 2. The highest BCUT2D eigenvalue weighted by Crippen LogP contribution is 2.27. The number of nitrogens with zero attached hydrogens (tertiary/aromatic N) is 2. The van der Waals surface area contributed by atoms with Gasteiger partial charge in [0, 0.05) is 18.4 Å². The van der Waals surface area contributed by atoms with Crippen molar-refractivity contribution in [1.82, 2.24) is 4.57 Å². The fraction of sp³-hybridized carbons (Fsp3) is 0.250. The molecule has 0 fully saturated rings. The Kier molecular flexibility index (Phi) is 6.07. The zero-order chi connectivity index (χ0) is 22.0. The van der Waals surface area contributed by atoms with E-state index < -0.39 is 9.84 Å². The van der Waals surface area contributed by atoms with Gasteiger partial charge in [-0.2, -0.15) is 4.99 Å². The van der Waals surface area contributed by atoms with E-state index in [0.29, 0.717) is 16.2 Å². The van der Waals surface area contributed by atoms with Gasteiger partial charge in [0.05, 0.1) is 20.9 Å². The van der Waals surface area contributed by atoms with Crippen LogP contribution in [0.3, 0.4) is 0 Å². The zero-order valence-corrected chi connectivity index (χ0v) is 19.2. The van der Waals surface area contributed by atoms with Gasteiger partial charge >= 0.3 is 0 Å². The minimum absolute atomic E-state index is 0.0673. The molecule has 0 aliphatic heterocycles. The highest BCUT2D eigenvalue weighted by molar-refractivity contribution is 7.91. The van der Waals surface area contributed by atoms with Gasteiger partial charge in [-0.15, -0.1) is 0 Å². The van der Waals surface area contributed by atoms with Crippen LogP contribution in [0.1, 0.15) is 25.3 Å². The van der Waals surface area contributed by atoms with Crippen molar-refractivity contribution in [2.45, 2.75) is 38.1 Å². The Bertz CT molecular complexity index is 1430. The molecule has 0 unspecified atom stereocenters. The van der Waals surface area contributed by atoms with E-state index >= 15 is 0 Å². The summed E-state index contributed by atoms with van der Waals surface area (Å²) >= 11 is 1.50. The van der Waals surface area contributed by atoms with Crippen LogP contribution in [0.2, 0.25) is 0 Å². The van der Waals surface area contributed by atoms with Gasteiger partial charge in [-0.25, -0.2) is 8.42 Å². The molecule has 0 aliphatic rings. The standard InChI is InChI=1S/C24H24N2O3S2/c1-3-26-21-15-12-18-7-4-5-8-20(18)23(21)30-24(26)25-22(27)9-6-16-31(28,29)19-13-10-17(2)11-14-19/h4-5,7-8,10-15H,3,6,9,16H2,1-2H3. The first-order valence-electron chi connectivity index (χ1n) is 10.3. The van der Waals surface area contributed by atoms with Crippen LogP contribution in [0.25, 0.3) is 21.0 Å². The summed E-state index contributed by atoms with van der Waals surface area (Å²) in [7, 11) is -3.40. The molecule has 0 saturated carbocycles. The molecule has 160 valence electrons. The third-order valence-corrected chi connectivity index (χ3v) is 8.24. The summed E-state index contributed by atoms with van der Waals surface area (Å²) in [6.07, 6.45) is 0.349. The first-order valence-corrected chi connectivity index (χ1v) is 12.7. The highest BCUT2D eigenvalue weighted by Gasteiger charge is 2.15. The summed E-state index contributed by atoms with van der Waals surface area (Å²) in [5, 5.41) is 2.30. The Morgan fingerprint density at radius 2 is 1.77 bits per heavy atom. The Balaban J connectivity index is 1.55. The van der Waals surface area contributed by atoms with Crippen molar-refractivity contribution in [2.24, 2.45) is 4.99 Å². The van der Waals surface area contributed by atoms with Gasteiger partial charge in [-0.05, 0) is 43.9 Å². The number of carbonyl (C=O) groups excluding carboxylic acids is 1. The van der Waals surface area contributed by atoms with E-state index in [1.807, 2.05) is 30.5 Å². The Labute approximate surface area is 185 Å². The zero-order valence-electron chi connectivity index (χ0n) is 17.5. The lowest BCUT2D eigenvalue weighted by atomic mass is 10.1. The maximum Gasteiger partial charge on any atom is 0.248 e. The molecule has 0 saturated heterocycles. The third-order valence-electron chi connectivity index (χ3n) is 5.29. The molecule has 1 heterocycles. The monoisotopic (exact) mass is 452 g/mol. The van der Waals surface area contributed by atoms with Crippen LogP contribution in [0.15, 0.2) is 70.6 Å². The predicted molar refractivity (Wildman–Crippen MR) is 126 cm³/mol. The van der Waals surface area contributed by atoms with Crippen molar-refractivity contribution in [2.75, 3.05) is 5.75 Å². The fourth-order valence-corrected chi connectivity index (χ4v) is 6.19. The summed E-state index contributed by atoms with van der Waals surface area (Å²) in [5.41, 5.74) is 2.06. The van der Waals surface area contributed by atoms with Crippen molar-refractivity contribution in [3.63, 3.8) is 0 Å². The van der Waals surface area contributed by atoms with Crippen molar-refractivity contribution in [3.8, 4) is 0 Å². The maximum absolute atomic E-state index is 12.5. The fourth-order valence-electron chi connectivity index (χ4n) is 3.63. The number of sulfone groups is 1. The van der Waals surface area contributed by atoms with Gasteiger partial charge in [0.25, 0.3) is 0 Å². The van der Waals surface area contributed by atoms with E-state index in [1.54, 1.807) is 24.3 Å². The summed E-state index contributed by atoms with van der Waals surface area (Å²) in [5.74, 6) is -0.362. The summed E-state index contributed by atoms with van der Waals surface area (Å²) < 4.78 is 28.1. The average Bonchev–Trinajstić information content (AvgIpc) is 3.11. The predicted octanol–water partition coefficient (Wildman–Crippen LogP) is 4.87. The first-order chi connectivity index (χ1) is 14.9. The summed E-state index contributed by atoms with van der Waals surface area (Å²) in [4.78, 5) is 17.8. The van der Waals surface area contributed by atoms with Gasteiger partial charge < -0.3 is 4.57 Å². The number of amides is 1. The van der Waals surface area contributed by atoms with Crippen LogP contribution in [0, 0.1) is 6.92 Å². The third kappa shape index (κ3) is 4.48. The van der Waals surface area contributed by atoms with Crippen LogP contribution >= 0.6 is 11.3 Å². The van der Waals surface area contributed by atoms with E-state index in [-0.39, 0.29) is 24.5 Å². The van der Waals surface area contributed by atoms with Crippen LogP contribution in [-0.4, -0.2) is 24.6 Å². The average molecular weight is 453 g/mol. The maximum atomic E-state index is 12.5. The molecule has 0 bridgehead atoms. The van der Waals surface area contributed by atoms with Gasteiger partial charge in [0.2, 0.25) is 5.91 Å². The van der Waals surface area contributed by atoms with Gasteiger partial charge in [-0.1, -0.05) is 59.4 Å². The molecule has 0 spiro atoms. The van der Waals surface area contributed by atoms with Crippen molar-refractivity contribution >= 4 is 48.1 Å². The SMILES string of the molecule is CCn1c(=NC(=O)CCCS(=O)(=O)c2ccc(C)cc2)sc2c3ccccc3ccc21. The number of rotatable bonds is 6. The van der Waals surface area contributed by atoms with Gasteiger partial charge in [0.1, 0.15) is 0 Å². The number of thiazole rings is 1. The molecule has 0 aliphatic carbocycles. The molecule has 7 heteroatoms. The quantitative estimate of drug-likeness (QED) is 0.419. The normalized spacial score (nSPS) is 12.6. The van der Waals surface area contributed by atoms with E-state index in [1.165, 1.54) is 11.3 Å². The molecular weight excluding hydrogens is 428 g/mol. The van der Waals surface area contributed by atoms with Crippen LogP contribution < -0.4 is 4.80 Å². The molecule has 0 radical (unpaired) electrons. The summed E-state index contributed by atoms with van der Waals surface area (Å²) in [6.45, 7) is 4.64. The molecule has 1 aromatic heterocycles. The molecule has 0 N–H and O–H groups in total. The van der Waals surface area contributed by atoms with Crippen LogP contribution in [0.4, 0.5) is 0 Å². The molecule has 1 amide bonds. The largest absolute Gasteiger partial charge is 0.317 e. The Morgan fingerprint density at radius 3 is 2.52 bits per heavy atom. The lowest BCUT2D eigenvalue weighted by Crippen LogP contribution is -2.16. The molecular formula is C24H24N2O3S2. The number of fused-ring (bicyclic) bond motifs is 3. The van der Waals surface area contributed by atoms with Crippen molar-refractivity contribution in [3.05, 3.63) is 71.0 Å². The molecule has 5 nitrogen and oxygen atoms in total. The van der Waals surface area contributed by atoms with Crippen LogP contribution in [-0.2, 0) is 21.2 Å². The van der Waals surface area contributed by atoms with Crippen LogP contribution in [0.5, 0.6) is 0 Å². The van der Waals surface area contributed by atoms with Crippen molar-refractivity contribution in [1.29, 1.82) is 0 Å². The van der Waals surface area contributed by atoms with Gasteiger partial charge in [-0.3, -0.25) is 4.79 Å². The number of aromatic nitrogens is 1. The minimum Gasteiger partial charge on any atom is -0.317 e. The number of benzene rings is 3. The second-order valence-corrected chi connectivity index (χ2v) is 10.6. The molecule has 31 heavy (non-hydrogen) atoms. The van der Waals surface area contributed by atoms with E-state index in [4.69, 9.17) is 0 Å². The van der Waals surface area contributed by atoms with Crippen molar-refractivity contribution < 1.29 is 13.2 Å². The number of hydrogen-bond acceptors (Lipinski definition) is 4. The molecule has 4 aromatic rings. The van der Waals surface area contributed by atoms with E-state index in [2.05, 4.69) is 29.3 Å². The highest BCUT2D eigenvalue weighted by atomic mass is 32.2. The first kappa shape index (κ1) is 21.5. The topological polar surface area (TPSA) is 68.5 Å². The Morgan fingerprint density at radius 1 is 1.03 bits per heavy atom. The number of carbonyl (C=O) groups is 1. The van der Waals surface area contributed by atoms with E-state index in [0.717, 1.165) is 26.6 Å². The smallest absolute Gasteiger partial charge is 0.248 e. The lowest BCUT2D eigenvalue weighted by Gasteiger charge is -2.04. The molecule has 4 rings (SSSR count). The molecule has 0 atom stereocenters. The van der Waals surface area contributed by atoms with E-state index in [9.17, 15) is 13.2 Å². The second-order valence-electron chi connectivity index (χ2n) is 7.50. The number of hydrogen-bond donors (Lipinski definition) is 0. The van der Waals surface area contributed by atoms with Gasteiger partial charge in [0.15, 0.2) is 14.6 Å².